The summed E-state index contributed by atoms with van der Waals surface area (Å²) in [6.45, 7) is 2.66. The Morgan fingerprint density at radius 2 is 2.08 bits per heavy atom. The Morgan fingerprint density at radius 1 is 1.32 bits per heavy atom. The Balaban J connectivity index is 1.51. The van der Waals surface area contributed by atoms with E-state index in [2.05, 4.69) is 22.3 Å². The molecule has 1 aliphatic rings. The number of carbonyl (C=O) groups is 2. The second kappa shape index (κ2) is 7.46. The molecule has 1 aromatic heterocycles. The molecule has 7 nitrogen and oxygen atoms in total. The molecule has 0 aliphatic carbocycles. The quantitative estimate of drug-likeness (QED) is 0.793. The van der Waals surface area contributed by atoms with Crippen LogP contribution >= 0.6 is 0 Å². The van der Waals surface area contributed by atoms with Crippen LogP contribution < -0.4 is 0 Å². The van der Waals surface area contributed by atoms with Gasteiger partial charge in [-0.3, -0.25) is 9.59 Å². The van der Waals surface area contributed by atoms with Gasteiger partial charge in [-0.25, -0.2) is 0 Å². The van der Waals surface area contributed by atoms with Crippen molar-refractivity contribution in [1.82, 2.24) is 20.0 Å². The summed E-state index contributed by atoms with van der Waals surface area (Å²) >= 11 is 0. The number of likely N-dealkylation sites (tertiary alicyclic amines) is 1. The summed E-state index contributed by atoms with van der Waals surface area (Å²) in [6.07, 6.45) is 1.35. The molecule has 25 heavy (non-hydrogen) atoms. The van der Waals surface area contributed by atoms with E-state index in [0.717, 1.165) is 6.42 Å². The largest absolute Gasteiger partial charge is 0.424 e. The molecule has 1 unspecified atom stereocenters. The number of hydrogen-bond donors (Lipinski definition) is 0. The van der Waals surface area contributed by atoms with Crippen LogP contribution in [0.3, 0.4) is 0 Å². The van der Waals surface area contributed by atoms with Gasteiger partial charge in [0.15, 0.2) is 0 Å². The summed E-state index contributed by atoms with van der Waals surface area (Å²) in [5.74, 6) is 1.02. The van der Waals surface area contributed by atoms with Crippen molar-refractivity contribution >= 4 is 11.8 Å². The number of hydrogen-bond acceptors (Lipinski definition) is 5. The van der Waals surface area contributed by atoms with Crippen molar-refractivity contribution in [3.8, 4) is 0 Å². The molecule has 3 rings (SSSR count). The lowest BCUT2D eigenvalue weighted by Crippen LogP contribution is -2.39. The number of carbonyl (C=O) groups excluding carboxylic acids is 2. The molecule has 0 N–H and O–H groups in total. The highest BCUT2D eigenvalue weighted by atomic mass is 16.4. The Morgan fingerprint density at radius 3 is 2.76 bits per heavy atom. The average molecular weight is 342 g/mol. The lowest BCUT2D eigenvalue weighted by atomic mass is 9.99. The molecule has 1 aromatic carbocycles. The number of aryl methyl sites for hydroxylation is 1. The van der Waals surface area contributed by atoms with Gasteiger partial charge in [0.05, 0.1) is 13.1 Å². The zero-order valence-corrected chi connectivity index (χ0v) is 14.5. The minimum Gasteiger partial charge on any atom is -0.424 e. The highest BCUT2D eigenvalue weighted by molar-refractivity contribution is 5.86. The second-order valence-electron chi connectivity index (χ2n) is 6.50. The number of aromatic nitrogens is 2. The lowest BCUT2D eigenvalue weighted by Gasteiger charge is -2.21. The Kier molecular flexibility index (Phi) is 5.11. The number of amides is 2. The number of nitrogens with zero attached hydrogens (tertiary/aromatic N) is 4. The van der Waals surface area contributed by atoms with Gasteiger partial charge >= 0.3 is 0 Å². The molecule has 7 heteroatoms. The smallest absolute Gasteiger partial charge is 0.242 e. The van der Waals surface area contributed by atoms with E-state index in [-0.39, 0.29) is 30.8 Å². The van der Waals surface area contributed by atoms with Crippen LogP contribution in [-0.4, -0.2) is 51.9 Å². The summed E-state index contributed by atoms with van der Waals surface area (Å²) < 4.78 is 5.28. The summed E-state index contributed by atoms with van der Waals surface area (Å²) in [4.78, 5) is 27.7. The number of benzene rings is 1. The van der Waals surface area contributed by atoms with Gasteiger partial charge in [0.25, 0.3) is 0 Å². The van der Waals surface area contributed by atoms with E-state index < -0.39 is 0 Å². The molecule has 1 saturated heterocycles. The summed E-state index contributed by atoms with van der Waals surface area (Å²) in [7, 11) is 1.67. The van der Waals surface area contributed by atoms with Gasteiger partial charge < -0.3 is 14.2 Å². The van der Waals surface area contributed by atoms with Gasteiger partial charge in [-0.1, -0.05) is 30.3 Å². The van der Waals surface area contributed by atoms with Gasteiger partial charge in [-0.15, -0.1) is 10.2 Å². The molecule has 132 valence electrons. The van der Waals surface area contributed by atoms with Crippen molar-refractivity contribution in [2.24, 2.45) is 5.92 Å². The fourth-order valence-corrected chi connectivity index (χ4v) is 3.07. The van der Waals surface area contributed by atoms with E-state index in [1.165, 1.54) is 10.5 Å². The van der Waals surface area contributed by atoms with Crippen LogP contribution in [0.1, 0.15) is 23.8 Å². The predicted octanol–water partition coefficient (Wildman–Crippen LogP) is 1.43. The topological polar surface area (TPSA) is 79.5 Å². The minimum atomic E-state index is -0.135. The molecule has 0 bridgehead atoms. The van der Waals surface area contributed by atoms with Gasteiger partial charge in [0.1, 0.15) is 0 Å². The van der Waals surface area contributed by atoms with Crippen LogP contribution in [0.15, 0.2) is 34.7 Å². The molecule has 2 aromatic rings. The van der Waals surface area contributed by atoms with Crippen LogP contribution in [0.2, 0.25) is 0 Å². The van der Waals surface area contributed by atoms with Crippen molar-refractivity contribution in [3.63, 3.8) is 0 Å². The fourth-order valence-electron chi connectivity index (χ4n) is 3.07. The highest BCUT2D eigenvalue weighted by Crippen LogP contribution is 2.22. The molecule has 1 aliphatic heterocycles. The first-order valence-electron chi connectivity index (χ1n) is 8.36. The normalized spacial score (nSPS) is 17.1. The zero-order chi connectivity index (χ0) is 17.8. The molecular formula is C18H22N4O3. The van der Waals surface area contributed by atoms with Crippen molar-refractivity contribution < 1.29 is 14.0 Å². The zero-order valence-electron chi connectivity index (χ0n) is 14.5. The Hall–Kier alpha value is -2.70. The molecule has 0 spiro atoms. The van der Waals surface area contributed by atoms with E-state index in [1.54, 1.807) is 18.9 Å². The van der Waals surface area contributed by atoms with E-state index in [9.17, 15) is 9.59 Å². The summed E-state index contributed by atoms with van der Waals surface area (Å²) in [5.41, 5.74) is 1.22. The van der Waals surface area contributed by atoms with Crippen LogP contribution in [0.4, 0.5) is 0 Å². The third-order valence-corrected chi connectivity index (χ3v) is 4.35. The van der Waals surface area contributed by atoms with Crippen molar-refractivity contribution in [1.29, 1.82) is 0 Å². The number of rotatable bonds is 6. The molecule has 1 atom stereocenters. The molecular weight excluding hydrogens is 320 g/mol. The first-order valence-corrected chi connectivity index (χ1v) is 8.36. The van der Waals surface area contributed by atoms with Gasteiger partial charge in [-0.05, 0) is 17.9 Å². The van der Waals surface area contributed by atoms with Gasteiger partial charge in [-0.2, -0.15) is 0 Å². The molecule has 2 heterocycles. The third kappa shape index (κ3) is 4.43. The third-order valence-electron chi connectivity index (χ3n) is 4.35. The first-order chi connectivity index (χ1) is 12.0. The molecule has 0 saturated carbocycles. The predicted molar refractivity (Wildman–Crippen MR) is 90.3 cm³/mol. The van der Waals surface area contributed by atoms with Crippen molar-refractivity contribution in [2.75, 3.05) is 20.1 Å². The SMILES string of the molecule is Cc1nnc(CN(C)C(=O)CN2CC(Cc3ccccc3)CC2=O)o1. The number of likely N-dealkylation sites (N-methyl/N-ethyl adjacent to an activating group) is 1. The molecule has 1 fully saturated rings. The molecule has 0 radical (unpaired) electrons. The van der Waals surface area contributed by atoms with Crippen LogP contribution in [-0.2, 0) is 22.6 Å². The van der Waals surface area contributed by atoms with E-state index in [0.29, 0.717) is 24.7 Å². The Labute approximate surface area is 146 Å². The van der Waals surface area contributed by atoms with Gasteiger partial charge in [0.2, 0.25) is 23.6 Å². The maximum atomic E-state index is 12.4. The monoisotopic (exact) mass is 342 g/mol. The standard InChI is InChI=1S/C18H22N4O3/c1-13-19-20-16(25-13)11-21(2)18(24)12-22-10-15(9-17(22)23)8-14-6-4-3-5-7-14/h3-7,15H,8-12H2,1-2H3. The maximum Gasteiger partial charge on any atom is 0.242 e. The van der Waals surface area contributed by atoms with E-state index in [4.69, 9.17) is 4.42 Å². The van der Waals surface area contributed by atoms with Crippen LogP contribution in [0.25, 0.3) is 0 Å². The Bertz CT molecular complexity index is 744. The lowest BCUT2D eigenvalue weighted by molar-refractivity contribution is -0.138. The molecule has 2 amide bonds. The van der Waals surface area contributed by atoms with Crippen molar-refractivity contribution in [3.05, 3.63) is 47.7 Å². The van der Waals surface area contributed by atoms with Crippen LogP contribution in [0.5, 0.6) is 0 Å². The average Bonchev–Trinajstić information content (AvgIpc) is 3.14. The summed E-state index contributed by atoms with van der Waals surface area (Å²) in [6, 6.07) is 10.1. The minimum absolute atomic E-state index is 0.0383. The fraction of sp³-hybridized carbons (Fsp3) is 0.444. The van der Waals surface area contributed by atoms with E-state index >= 15 is 0 Å². The van der Waals surface area contributed by atoms with Crippen LogP contribution in [0, 0.1) is 12.8 Å². The van der Waals surface area contributed by atoms with Gasteiger partial charge in [0, 0.05) is 26.9 Å². The summed E-state index contributed by atoms with van der Waals surface area (Å²) in [5, 5.41) is 7.63. The maximum absolute atomic E-state index is 12.4. The van der Waals surface area contributed by atoms with E-state index in [1.807, 2.05) is 18.2 Å². The first kappa shape index (κ1) is 17.1. The second-order valence-corrected chi connectivity index (χ2v) is 6.50. The highest BCUT2D eigenvalue weighted by Gasteiger charge is 2.31. The van der Waals surface area contributed by atoms with Crippen molar-refractivity contribution in [2.45, 2.75) is 26.3 Å².